The Hall–Kier alpha value is -0.0400. The molecule has 0 aromatic rings. The lowest BCUT2D eigenvalue weighted by Gasteiger charge is -2.21. The van der Waals surface area contributed by atoms with Gasteiger partial charge in [0, 0.05) is 7.98 Å². The predicted molar refractivity (Wildman–Crippen MR) is 40.3 cm³/mol. The highest BCUT2D eigenvalue weighted by Gasteiger charge is 2.13. The first-order valence-corrected chi connectivity index (χ1v) is 3.39. The molecule has 0 fully saturated rings. The average molecular weight is 131 g/mol. The lowest BCUT2D eigenvalue weighted by atomic mass is 9.86. The van der Waals surface area contributed by atoms with Crippen LogP contribution in [0.15, 0.2) is 0 Å². The lowest BCUT2D eigenvalue weighted by molar-refractivity contribution is 0.191. The molecule has 0 heterocycles. The Morgan fingerprint density at radius 2 is 2.11 bits per heavy atom. The molecule has 1 nitrogen and oxygen atoms in total. The summed E-state index contributed by atoms with van der Waals surface area (Å²) in [5.74, 6) is 0.167. The zero-order chi connectivity index (χ0) is 8.20. The third-order valence-corrected chi connectivity index (χ3v) is 1.16. The van der Waals surface area contributed by atoms with Crippen LogP contribution in [0.1, 0.15) is 35.5 Å². The van der Waals surface area contributed by atoms with Gasteiger partial charge < -0.3 is 5.11 Å². The van der Waals surface area contributed by atoms with Gasteiger partial charge in [-0.2, -0.15) is 0 Å². The Morgan fingerprint density at radius 3 is 2.22 bits per heavy atom. The van der Waals surface area contributed by atoms with E-state index in [1.807, 2.05) is 0 Å². The van der Waals surface area contributed by atoms with Gasteiger partial charge in [0.05, 0.1) is 0 Å². The van der Waals surface area contributed by atoms with Gasteiger partial charge in [-0.25, -0.2) is 0 Å². The number of aliphatic hydroxyl groups excluding tert-OH is 1. The molecule has 1 atom stereocenters. The number of aliphatic hydroxyl groups is 1. The molecule has 0 rings (SSSR count). The van der Waals surface area contributed by atoms with E-state index >= 15 is 0 Å². The van der Waals surface area contributed by atoms with Gasteiger partial charge in [-0.15, -0.1) is 0 Å². The molecule has 0 radical (unpaired) electrons. The van der Waals surface area contributed by atoms with Gasteiger partial charge >= 0.3 is 0 Å². The minimum Gasteiger partial charge on any atom is -0.396 e. The number of hydrogen-bond acceptors (Lipinski definition) is 1. The van der Waals surface area contributed by atoms with Crippen LogP contribution in [-0.4, -0.2) is 11.7 Å². The van der Waals surface area contributed by atoms with Crippen molar-refractivity contribution in [2.75, 3.05) is 6.61 Å². The molecular formula is C8H18O. The number of rotatable bonds is 2. The fraction of sp³-hybridized carbons (Fsp3) is 1.00. The Balaban J connectivity index is 3.63. The quantitative estimate of drug-likeness (QED) is 0.608. The Labute approximate surface area is 59.5 Å². The van der Waals surface area contributed by atoms with Crippen molar-refractivity contribution in [3.8, 4) is 0 Å². The summed E-state index contributed by atoms with van der Waals surface area (Å²) in [5, 5.41) is 8.77. The summed E-state index contributed by atoms with van der Waals surface area (Å²) in [7, 11) is 0. The highest BCUT2D eigenvalue weighted by atomic mass is 16.3. The van der Waals surface area contributed by atoms with Gasteiger partial charge in [0.2, 0.25) is 0 Å². The van der Waals surface area contributed by atoms with Crippen LogP contribution >= 0.6 is 0 Å². The molecule has 0 aliphatic rings. The fourth-order valence-electron chi connectivity index (χ4n) is 0.931. The minimum atomic E-state index is 0.154. The molecule has 1 unspecified atom stereocenters. The molecule has 0 amide bonds. The summed E-state index contributed by atoms with van der Waals surface area (Å²) in [4.78, 5) is 0. The van der Waals surface area contributed by atoms with Crippen molar-refractivity contribution in [2.24, 2.45) is 11.3 Å². The standard InChI is InChI=1S/C8H18O/c1-7(6-9)5-8(2,3)4/h7,9H,5-6H2,1-4H3/i1D. The van der Waals surface area contributed by atoms with Crippen LogP contribution in [0.25, 0.3) is 0 Å². The maximum Gasteiger partial charge on any atom is 0.0456 e. The molecule has 0 spiro atoms. The summed E-state index contributed by atoms with van der Waals surface area (Å²) in [5.41, 5.74) is 0.244. The van der Waals surface area contributed by atoms with Gasteiger partial charge in [-0.3, -0.25) is 0 Å². The van der Waals surface area contributed by atoms with Crippen molar-refractivity contribution in [3.63, 3.8) is 0 Å². The molecule has 56 valence electrons. The maximum atomic E-state index is 8.77. The monoisotopic (exact) mass is 131 g/mol. The van der Waals surface area contributed by atoms with Crippen LogP contribution in [0.5, 0.6) is 0 Å². The highest BCUT2D eigenvalue weighted by molar-refractivity contribution is 4.64. The van der Waals surface area contributed by atoms with Crippen LogP contribution in [-0.2, 0) is 0 Å². The molecule has 0 aromatic carbocycles. The second-order valence-electron chi connectivity index (χ2n) is 3.81. The summed E-state index contributed by atoms with van der Waals surface area (Å²) >= 11 is 0. The van der Waals surface area contributed by atoms with Gasteiger partial charge in [0.25, 0.3) is 0 Å². The molecule has 0 aliphatic carbocycles. The third-order valence-electron chi connectivity index (χ3n) is 1.16. The van der Waals surface area contributed by atoms with E-state index in [4.69, 9.17) is 6.48 Å². The van der Waals surface area contributed by atoms with Gasteiger partial charge in [-0.1, -0.05) is 27.7 Å². The summed E-state index contributed by atoms with van der Waals surface area (Å²) in [6.07, 6.45) is 0.938. The van der Waals surface area contributed by atoms with Crippen molar-refractivity contribution in [1.29, 1.82) is 0 Å². The minimum absolute atomic E-state index is 0.154. The molecule has 0 aliphatic heterocycles. The van der Waals surface area contributed by atoms with Crippen LogP contribution in [0, 0.1) is 11.3 Å². The van der Waals surface area contributed by atoms with E-state index in [1.54, 1.807) is 0 Å². The molecule has 1 N–H and O–H groups in total. The Kier molecular flexibility index (Phi) is 2.52. The van der Waals surface area contributed by atoms with Gasteiger partial charge in [0.1, 0.15) is 0 Å². The second-order valence-corrected chi connectivity index (χ2v) is 3.81. The SMILES string of the molecule is [2H]CC(CO)CC(C)(C)C. The van der Waals surface area contributed by atoms with Crippen LogP contribution < -0.4 is 0 Å². The van der Waals surface area contributed by atoms with E-state index in [2.05, 4.69) is 20.8 Å². The maximum absolute atomic E-state index is 8.77. The van der Waals surface area contributed by atoms with E-state index in [1.165, 1.54) is 0 Å². The third kappa shape index (κ3) is 5.84. The van der Waals surface area contributed by atoms with Crippen molar-refractivity contribution < 1.29 is 6.48 Å². The first-order valence-electron chi connectivity index (χ1n) is 4.10. The molecule has 0 saturated heterocycles. The Bertz CT molecular complexity index is 81.7. The van der Waals surface area contributed by atoms with Crippen LogP contribution in [0.2, 0.25) is 0 Å². The first kappa shape index (κ1) is 7.07. The average Bonchev–Trinajstić information content (AvgIpc) is 1.81. The summed E-state index contributed by atoms with van der Waals surface area (Å²) in [6.45, 7) is 6.89. The normalized spacial score (nSPS) is 17.1. The van der Waals surface area contributed by atoms with E-state index in [-0.39, 0.29) is 17.9 Å². The zero-order valence-corrected chi connectivity index (χ0v) is 6.65. The van der Waals surface area contributed by atoms with Crippen molar-refractivity contribution >= 4 is 0 Å². The predicted octanol–water partition coefficient (Wildman–Crippen LogP) is 2.05. The largest absolute Gasteiger partial charge is 0.396 e. The summed E-state index contributed by atoms with van der Waals surface area (Å²) in [6, 6.07) is 0. The van der Waals surface area contributed by atoms with Crippen LogP contribution in [0.4, 0.5) is 0 Å². The molecular weight excluding hydrogens is 112 g/mol. The fourth-order valence-corrected chi connectivity index (χ4v) is 0.931. The smallest absolute Gasteiger partial charge is 0.0456 e. The van der Waals surface area contributed by atoms with Crippen molar-refractivity contribution in [2.45, 2.75) is 34.1 Å². The zero-order valence-electron chi connectivity index (χ0n) is 7.65. The Morgan fingerprint density at radius 1 is 1.56 bits per heavy atom. The van der Waals surface area contributed by atoms with Crippen LogP contribution in [0.3, 0.4) is 0 Å². The van der Waals surface area contributed by atoms with E-state index in [0.29, 0.717) is 6.90 Å². The van der Waals surface area contributed by atoms with Crippen molar-refractivity contribution in [1.82, 2.24) is 0 Å². The topological polar surface area (TPSA) is 20.2 Å². The van der Waals surface area contributed by atoms with E-state index in [9.17, 15) is 0 Å². The molecule has 9 heavy (non-hydrogen) atoms. The number of hydrogen-bond donors (Lipinski definition) is 1. The highest BCUT2D eigenvalue weighted by Crippen LogP contribution is 2.23. The summed E-state index contributed by atoms with van der Waals surface area (Å²) < 4.78 is 7.08. The van der Waals surface area contributed by atoms with E-state index in [0.717, 1.165) is 6.42 Å². The molecule has 1 heteroatoms. The van der Waals surface area contributed by atoms with Gasteiger partial charge in [-0.05, 0) is 17.8 Å². The molecule has 0 saturated carbocycles. The molecule has 0 aromatic heterocycles. The van der Waals surface area contributed by atoms with E-state index < -0.39 is 0 Å². The second kappa shape index (κ2) is 3.21. The lowest BCUT2D eigenvalue weighted by Crippen LogP contribution is -2.13. The first-order chi connectivity index (χ1) is 4.49. The van der Waals surface area contributed by atoms with Gasteiger partial charge in [0.15, 0.2) is 0 Å². The molecule has 0 bridgehead atoms. The van der Waals surface area contributed by atoms with Crippen molar-refractivity contribution in [3.05, 3.63) is 0 Å².